The van der Waals surface area contributed by atoms with E-state index in [1.165, 1.54) is 18.4 Å². The highest BCUT2D eigenvalue weighted by atomic mass is 16.3. The maximum Gasteiger partial charge on any atom is 0.119 e. The van der Waals surface area contributed by atoms with E-state index in [0.29, 0.717) is 5.75 Å². The first kappa shape index (κ1) is 13.4. The normalized spacial score (nSPS) is 19.2. The molecular weight excluding hydrogens is 222 g/mol. The molecule has 2 nitrogen and oxygen atoms in total. The molecule has 0 radical (unpaired) electrons. The third kappa shape index (κ3) is 2.26. The van der Waals surface area contributed by atoms with Gasteiger partial charge in [0.2, 0.25) is 0 Å². The van der Waals surface area contributed by atoms with Gasteiger partial charge in [0.05, 0.1) is 0 Å². The molecule has 0 aromatic heterocycles. The smallest absolute Gasteiger partial charge is 0.119 e. The van der Waals surface area contributed by atoms with Gasteiger partial charge in [-0.2, -0.15) is 0 Å². The van der Waals surface area contributed by atoms with E-state index in [1.807, 2.05) is 6.07 Å². The molecule has 2 heteroatoms. The third-order valence-corrected chi connectivity index (χ3v) is 4.18. The molecule has 0 atom stereocenters. The average molecular weight is 247 g/mol. The van der Waals surface area contributed by atoms with Crippen molar-refractivity contribution in [1.82, 2.24) is 0 Å². The summed E-state index contributed by atoms with van der Waals surface area (Å²) in [6.45, 7) is 8.42. The molecule has 0 aliphatic heterocycles. The molecule has 3 N–H and O–H groups in total. The number of phenols is 1. The lowest BCUT2D eigenvalue weighted by atomic mass is 9.79. The van der Waals surface area contributed by atoms with E-state index in [-0.39, 0.29) is 11.0 Å². The summed E-state index contributed by atoms with van der Waals surface area (Å²) in [7, 11) is 0. The molecule has 0 heterocycles. The topological polar surface area (TPSA) is 46.2 Å². The van der Waals surface area contributed by atoms with Crippen molar-refractivity contribution < 1.29 is 5.11 Å². The van der Waals surface area contributed by atoms with Crippen molar-refractivity contribution in [2.45, 2.75) is 64.3 Å². The van der Waals surface area contributed by atoms with Crippen molar-refractivity contribution >= 4 is 0 Å². The highest BCUT2D eigenvalue weighted by Crippen LogP contribution is 2.41. The number of aryl methyl sites for hydroxylation is 1. The first-order valence-corrected chi connectivity index (χ1v) is 6.87. The van der Waals surface area contributed by atoms with Gasteiger partial charge < -0.3 is 10.8 Å². The summed E-state index contributed by atoms with van der Waals surface area (Å²) in [4.78, 5) is 0. The van der Waals surface area contributed by atoms with Crippen LogP contribution in [0, 0.1) is 6.92 Å². The molecule has 1 fully saturated rings. The van der Waals surface area contributed by atoms with Crippen molar-refractivity contribution in [1.29, 1.82) is 0 Å². The van der Waals surface area contributed by atoms with Gasteiger partial charge in [-0.05, 0) is 54.0 Å². The van der Waals surface area contributed by atoms with Crippen LogP contribution < -0.4 is 5.73 Å². The van der Waals surface area contributed by atoms with Crippen LogP contribution in [0.4, 0.5) is 0 Å². The fourth-order valence-corrected chi connectivity index (χ4v) is 3.11. The lowest BCUT2D eigenvalue weighted by Gasteiger charge is -2.30. The first-order chi connectivity index (χ1) is 8.24. The standard InChI is InChI=1S/C16H25NO/c1-11-9-14(18)13(15(2,3)4)10-12(11)16(17)7-5-6-8-16/h9-10,18H,5-8,17H2,1-4H3. The van der Waals surface area contributed by atoms with Crippen LogP contribution in [-0.4, -0.2) is 5.11 Å². The maximum atomic E-state index is 10.1. The zero-order valence-corrected chi connectivity index (χ0v) is 12.0. The van der Waals surface area contributed by atoms with Gasteiger partial charge in [0, 0.05) is 5.54 Å². The highest BCUT2D eigenvalue weighted by Gasteiger charge is 2.34. The number of hydrogen-bond acceptors (Lipinski definition) is 2. The van der Waals surface area contributed by atoms with Crippen LogP contribution in [0.3, 0.4) is 0 Å². The number of benzene rings is 1. The minimum atomic E-state index is -0.183. The highest BCUT2D eigenvalue weighted by molar-refractivity contribution is 5.47. The number of nitrogens with two attached hydrogens (primary N) is 1. The lowest BCUT2D eigenvalue weighted by molar-refractivity contribution is 0.434. The number of hydrogen-bond donors (Lipinski definition) is 2. The second-order valence-electron chi connectivity index (χ2n) is 6.80. The van der Waals surface area contributed by atoms with Crippen molar-refractivity contribution in [3.8, 4) is 5.75 Å². The fraction of sp³-hybridized carbons (Fsp3) is 0.625. The van der Waals surface area contributed by atoms with Crippen LogP contribution in [0.25, 0.3) is 0 Å². The summed E-state index contributed by atoms with van der Waals surface area (Å²) in [5.41, 5.74) is 9.67. The zero-order chi connectivity index (χ0) is 13.6. The van der Waals surface area contributed by atoms with Gasteiger partial charge in [0.25, 0.3) is 0 Å². The molecule has 18 heavy (non-hydrogen) atoms. The van der Waals surface area contributed by atoms with Crippen LogP contribution in [0.1, 0.15) is 63.1 Å². The fourth-order valence-electron chi connectivity index (χ4n) is 3.11. The van der Waals surface area contributed by atoms with E-state index >= 15 is 0 Å². The maximum absolute atomic E-state index is 10.1. The van der Waals surface area contributed by atoms with Crippen LogP contribution in [-0.2, 0) is 11.0 Å². The number of rotatable bonds is 1. The van der Waals surface area contributed by atoms with Crippen molar-refractivity contribution in [2.24, 2.45) is 5.73 Å². The molecule has 1 aliphatic rings. The molecular formula is C16H25NO. The van der Waals surface area contributed by atoms with Gasteiger partial charge in [0.1, 0.15) is 5.75 Å². The van der Waals surface area contributed by atoms with Crippen LogP contribution in [0.5, 0.6) is 5.75 Å². The van der Waals surface area contributed by atoms with Crippen LogP contribution in [0.2, 0.25) is 0 Å². The van der Waals surface area contributed by atoms with E-state index < -0.39 is 0 Å². The summed E-state index contributed by atoms with van der Waals surface area (Å²) in [6, 6.07) is 4.01. The molecule has 1 aromatic rings. The van der Waals surface area contributed by atoms with E-state index in [9.17, 15) is 5.11 Å². The Kier molecular flexibility index (Phi) is 3.18. The molecule has 1 aliphatic carbocycles. The lowest BCUT2D eigenvalue weighted by Crippen LogP contribution is -2.34. The summed E-state index contributed by atoms with van der Waals surface area (Å²) in [5, 5.41) is 10.1. The Hall–Kier alpha value is -1.02. The SMILES string of the molecule is Cc1cc(O)c(C(C)(C)C)cc1C1(N)CCCC1. The Morgan fingerprint density at radius 3 is 2.22 bits per heavy atom. The van der Waals surface area contributed by atoms with E-state index in [1.54, 1.807) is 0 Å². The van der Waals surface area contributed by atoms with Crippen molar-refractivity contribution in [3.63, 3.8) is 0 Å². The third-order valence-electron chi connectivity index (χ3n) is 4.18. The van der Waals surface area contributed by atoms with Crippen molar-refractivity contribution in [3.05, 3.63) is 28.8 Å². The van der Waals surface area contributed by atoms with Gasteiger partial charge >= 0.3 is 0 Å². The molecule has 0 amide bonds. The zero-order valence-electron chi connectivity index (χ0n) is 12.0. The molecule has 1 saturated carbocycles. The number of phenolic OH excluding ortho intramolecular Hbond substituents is 1. The average Bonchev–Trinajstić information content (AvgIpc) is 2.63. The Bertz CT molecular complexity index is 451. The predicted molar refractivity (Wildman–Crippen MR) is 75.9 cm³/mol. The second-order valence-corrected chi connectivity index (χ2v) is 6.80. The molecule has 0 unspecified atom stereocenters. The Morgan fingerprint density at radius 2 is 1.72 bits per heavy atom. The van der Waals surface area contributed by atoms with E-state index in [4.69, 9.17) is 5.73 Å². The molecule has 1 aromatic carbocycles. The molecule has 100 valence electrons. The molecule has 2 rings (SSSR count). The predicted octanol–water partition coefficient (Wildman–Crippen LogP) is 3.73. The van der Waals surface area contributed by atoms with E-state index in [0.717, 1.165) is 24.0 Å². The van der Waals surface area contributed by atoms with Gasteiger partial charge in [-0.15, -0.1) is 0 Å². The second kappa shape index (κ2) is 4.27. The largest absolute Gasteiger partial charge is 0.508 e. The van der Waals surface area contributed by atoms with Gasteiger partial charge in [-0.25, -0.2) is 0 Å². The minimum absolute atomic E-state index is 0.0541. The minimum Gasteiger partial charge on any atom is -0.508 e. The quantitative estimate of drug-likeness (QED) is 0.794. The molecule has 0 bridgehead atoms. The van der Waals surface area contributed by atoms with Crippen LogP contribution >= 0.6 is 0 Å². The Morgan fingerprint density at radius 1 is 1.17 bits per heavy atom. The van der Waals surface area contributed by atoms with Crippen molar-refractivity contribution in [2.75, 3.05) is 0 Å². The Balaban J connectivity index is 2.55. The summed E-state index contributed by atoms with van der Waals surface area (Å²) >= 11 is 0. The Labute approximate surface area is 110 Å². The van der Waals surface area contributed by atoms with Gasteiger partial charge in [-0.1, -0.05) is 33.6 Å². The molecule has 0 saturated heterocycles. The summed E-state index contributed by atoms with van der Waals surface area (Å²) in [5.74, 6) is 0.394. The molecule has 0 spiro atoms. The first-order valence-electron chi connectivity index (χ1n) is 6.87. The van der Waals surface area contributed by atoms with Gasteiger partial charge in [-0.3, -0.25) is 0 Å². The summed E-state index contributed by atoms with van der Waals surface area (Å²) in [6.07, 6.45) is 4.54. The summed E-state index contributed by atoms with van der Waals surface area (Å²) < 4.78 is 0. The number of aromatic hydroxyl groups is 1. The monoisotopic (exact) mass is 247 g/mol. The van der Waals surface area contributed by atoms with Gasteiger partial charge in [0.15, 0.2) is 0 Å². The van der Waals surface area contributed by atoms with Crippen LogP contribution in [0.15, 0.2) is 12.1 Å². The van der Waals surface area contributed by atoms with E-state index in [2.05, 4.69) is 33.8 Å².